The zero-order chi connectivity index (χ0) is 35.8. The molecule has 0 amide bonds. The molecule has 0 saturated heterocycles. The van der Waals surface area contributed by atoms with E-state index < -0.39 is 23.9 Å². The van der Waals surface area contributed by atoms with Gasteiger partial charge in [0.1, 0.15) is 6.61 Å². The number of methoxy groups -OCH3 is 1. The summed E-state index contributed by atoms with van der Waals surface area (Å²) >= 11 is 0. The average molecular weight is 681 g/mol. The number of hydrogen-bond acceptors (Lipinski definition) is 13. The summed E-state index contributed by atoms with van der Waals surface area (Å²) in [5.74, 6) is -1.83. The van der Waals surface area contributed by atoms with Gasteiger partial charge in [0.25, 0.3) is 0 Å². The zero-order valence-electron chi connectivity index (χ0n) is 30.1. The molecular weight excluding hydrogens is 620 g/mol. The topological polar surface area (TPSA) is 127 Å². The Morgan fingerprint density at radius 3 is 1.15 bits per heavy atom. The minimum Gasteiger partial charge on any atom is -0.462 e. The van der Waals surface area contributed by atoms with Gasteiger partial charge in [-0.3, -0.25) is 0 Å². The molecule has 0 aliphatic carbocycles. The van der Waals surface area contributed by atoms with Crippen LogP contribution in [-0.2, 0) is 42.9 Å². The zero-order valence-corrected chi connectivity index (χ0v) is 30.1. The fraction of sp³-hybridized carbons (Fsp3) is 0.657. The molecule has 0 rings (SSSR count). The van der Waals surface area contributed by atoms with Crippen LogP contribution in [0.4, 0.5) is 0 Å². The van der Waals surface area contributed by atoms with Crippen LogP contribution in [0.15, 0.2) is 49.1 Å². The molecule has 0 aliphatic rings. The van der Waals surface area contributed by atoms with E-state index in [0.29, 0.717) is 39.1 Å². The number of carbonyl (C=O) groups is 4. The summed E-state index contributed by atoms with van der Waals surface area (Å²) in [6, 6.07) is 0. The first kappa shape index (κ1) is 44.3. The van der Waals surface area contributed by atoms with Crippen molar-refractivity contribution in [3.05, 3.63) is 49.1 Å². The molecule has 0 N–H and O–H groups in total. The molecular formula is C35H60N4O9. The monoisotopic (exact) mass is 680 g/mol. The van der Waals surface area contributed by atoms with Crippen molar-refractivity contribution in [2.75, 3.05) is 94.5 Å². The highest BCUT2D eigenvalue weighted by Gasteiger charge is 2.05. The Kier molecular flexibility index (Phi) is 28.3. The fourth-order valence-corrected chi connectivity index (χ4v) is 3.80. The van der Waals surface area contributed by atoms with Crippen molar-refractivity contribution in [1.82, 2.24) is 19.6 Å². The molecule has 0 aromatic heterocycles. The molecule has 0 atom stereocenters. The van der Waals surface area contributed by atoms with Gasteiger partial charge >= 0.3 is 23.9 Å². The summed E-state index contributed by atoms with van der Waals surface area (Å²) in [4.78, 5) is 55.8. The van der Waals surface area contributed by atoms with Crippen LogP contribution in [0.2, 0.25) is 0 Å². The maximum Gasteiger partial charge on any atom is 0.332 e. The van der Waals surface area contributed by atoms with Gasteiger partial charge in [-0.05, 0) is 86.2 Å². The molecule has 48 heavy (non-hydrogen) atoms. The van der Waals surface area contributed by atoms with Crippen LogP contribution in [0.5, 0.6) is 0 Å². The Morgan fingerprint density at radius 1 is 0.458 bits per heavy atom. The average Bonchev–Trinajstić information content (AvgIpc) is 3.04. The number of esters is 4. The van der Waals surface area contributed by atoms with Gasteiger partial charge in [-0.15, -0.1) is 0 Å². The third-order valence-electron chi connectivity index (χ3n) is 6.45. The second-order valence-corrected chi connectivity index (χ2v) is 11.5. The number of nitrogens with zero attached hydrogens (tertiary/aromatic N) is 4. The van der Waals surface area contributed by atoms with Gasteiger partial charge in [0, 0.05) is 69.3 Å². The van der Waals surface area contributed by atoms with E-state index in [0.717, 1.165) is 51.6 Å². The Labute approximate surface area is 288 Å². The van der Waals surface area contributed by atoms with E-state index in [4.69, 9.17) is 23.7 Å². The van der Waals surface area contributed by atoms with E-state index in [9.17, 15) is 19.2 Å². The number of carbonyl (C=O) groups excluding carboxylic acids is 4. The summed E-state index contributed by atoms with van der Waals surface area (Å²) in [6.45, 7) is 6.40. The SMILES string of the molecule is CCCCOC(=O)/C=C/N(/C=C/C(=O)OCCCCCCOC(=O)/C=C/N(/C=C/C(=O)OCCOC)CCCN(C)C)CCCN(C)C. The lowest BCUT2D eigenvalue weighted by Gasteiger charge is -2.17. The molecule has 13 nitrogen and oxygen atoms in total. The molecule has 0 bridgehead atoms. The molecule has 0 unspecified atom stereocenters. The molecule has 274 valence electrons. The number of hydrogen-bond donors (Lipinski definition) is 0. The highest BCUT2D eigenvalue weighted by molar-refractivity contribution is 5.83. The van der Waals surface area contributed by atoms with Crippen LogP contribution in [0.1, 0.15) is 58.3 Å². The van der Waals surface area contributed by atoms with E-state index in [1.807, 2.05) is 35.1 Å². The van der Waals surface area contributed by atoms with E-state index in [-0.39, 0.29) is 19.8 Å². The maximum absolute atomic E-state index is 12.2. The molecule has 0 spiro atoms. The lowest BCUT2D eigenvalue weighted by atomic mass is 10.2. The number of ether oxygens (including phenoxy) is 5. The molecule has 0 heterocycles. The third kappa shape index (κ3) is 29.7. The summed E-state index contributed by atoms with van der Waals surface area (Å²) in [5.41, 5.74) is 0. The third-order valence-corrected chi connectivity index (χ3v) is 6.45. The first-order valence-electron chi connectivity index (χ1n) is 16.8. The second-order valence-electron chi connectivity index (χ2n) is 11.5. The van der Waals surface area contributed by atoms with Crippen molar-refractivity contribution in [3.63, 3.8) is 0 Å². The van der Waals surface area contributed by atoms with Gasteiger partial charge in [-0.1, -0.05) is 13.3 Å². The molecule has 0 aromatic rings. The van der Waals surface area contributed by atoms with E-state index in [1.54, 1.807) is 34.6 Å². The summed E-state index contributed by atoms with van der Waals surface area (Å²) < 4.78 is 25.7. The second kappa shape index (κ2) is 30.6. The van der Waals surface area contributed by atoms with Gasteiger partial charge in [0.05, 0.1) is 26.4 Å². The normalized spacial score (nSPS) is 11.8. The van der Waals surface area contributed by atoms with Crippen LogP contribution < -0.4 is 0 Å². The van der Waals surface area contributed by atoms with Gasteiger partial charge in [-0.2, -0.15) is 0 Å². The lowest BCUT2D eigenvalue weighted by molar-refractivity contribution is -0.139. The van der Waals surface area contributed by atoms with Crippen molar-refractivity contribution in [2.45, 2.75) is 58.3 Å². The summed E-state index contributed by atoms with van der Waals surface area (Å²) in [7, 11) is 9.46. The van der Waals surface area contributed by atoms with E-state index in [2.05, 4.69) is 9.80 Å². The maximum atomic E-state index is 12.2. The molecule has 0 radical (unpaired) electrons. The summed E-state index contributed by atoms with van der Waals surface area (Å²) in [5, 5.41) is 0. The molecule has 0 aromatic carbocycles. The van der Waals surface area contributed by atoms with Crippen LogP contribution in [0, 0.1) is 0 Å². The van der Waals surface area contributed by atoms with Crippen LogP contribution >= 0.6 is 0 Å². The smallest absolute Gasteiger partial charge is 0.332 e. The standard InChI is InChI=1S/C35H60N4O9/c1-7-8-27-45-32(40)15-23-38(21-13-19-36(2)3)24-16-33(41)46-28-11-9-10-12-29-47-34(42)17-25-39(22-14-20-37(4)5)26-18-35(43)48-31-30-44-6/h15-18,23-26H,7-14,19-22,27-31H2,1-6H3/b23-15+,24-16+,25-17+,26-18+. The largest absolute Gasteiger partial charge is 0.462 e. The van der Waals surface area contributed by atoms with Crippen molar-refractivity contribution in [1.29, 1.82) is 0 Å². The fourth-order valence-electron chi connectivity index (χ4n) is 3.80. The predicted molar refractivity (Wildman–Crippen MR) is 185 cm³/mol. The quantitative estimate of drug-likeness (QED) is 0.0493. The highest BCUT2D eigenvalue weighted by atomic mass is 16.6. The van der Waals surface area contributed by atoms with Crippen molar-refractivity contribution >= 4 is 23.9 Å². The van der Waals surface area contributed by atoms with Gasteiger partial charge < -0.3 is 43.3 Å². The molecule has 13 heteroatoms. The molecule has 0 fully saturated rings. The first-order chi connectivity index (χ1) is 23.1. The lowest BCUT2D eigenvalue weighted by Crippen LogP contribution is -2.20. The minimum absolute atomic E-state index is 0.167. The van der Waals surface area contributed by atoms with Crippen molar-refractivity contribution in [3.8, 4) is 0 Å². The van der Waals surface area contributed by atoms with Gasteiger partial charge in [0.15, 0.2) is 0 Å². The van der Waals surface area contributed by atoms with Crippen molar-refractivity contribution < 1.29 is 42.9 Å². The van der Waals surface area contributed by atoms with Gasteiger partial charge in [-0.25, -0.2) is 19.2 Å². The first-order valence-corrected chi connectivity index (χ1v) is 16.8. The van der Waals surface area contributed by atoms with Crippen LogP contribution in [0.25, 0.3) is 0 Å². The minimum atomic E-state index is -0.490. The predicted octanol–water partition coefficient (Wildman–Crippen LogP) is 3.73. The van der Waals surface area contributed by atoms with E-state index in [1.165, 1.54) is 31.4 Å². The summed E-state index contributed by atoms with van der Waals surface area (Å²) in [6.07, 6.45) is 18.2. The number of unbranched alkanes of at least 4 members (excludes halogenated alkanes) is 4. The molecule has 0 saturated carbocycles. The van der Waals surface area contributed by atoms with Crippen LogP contribution in [0.3, 0.4) is 0 Å². The Balaban J connectivity index is 4.47. The van der Waals surface area contributed by atoms with Crippen molar-refractivity contribution in [2.24, 2.45) is 0 Å². The van der Waals surface area contributed by atoms with Gasteiger partial charge in [0.2, 0.25) is 0 Å². The Morgan fingerprint density at radius 2 is 0.812 bits per heavy atom. The molecule has 0 aliphatic heterocycles. The highest BCUT2D eigenvalue weighted by Crippen LogP contribution is 2.04. The Hall–Kier alpha value is -3.68. The number of rotatable bonds is 29. The van der Waals surface area contributed by atoms with E-state index >= 15 is 0 Å². The Bertz CT molecular complexity index is 919. The van der Waals surface area contributed by atoms with Crippen LogP contribution in [-0.4, -0.2) is 138 Å².